The van der Waals surface area contributed by atoms with E-state index in [0.29, 0.717) is 21.6 Å². The fourth-order valence-electron chi connectivity index (χ4n) is 1.94. The van der Waals surface area contributed by atoms with Gasteiger partial charge in [-0.15, -0.1) is 0 Å². The van der Waals surface area contributed by atoms with Crippen molar-refractivity contribution in [3.05, 3.63) is 64.5 Å². The number of amides is 1. The molecule has 0 spiro atoms. The predicted octanol–water partition coefficient (Wildman–Crippen LogP) is 3.53. The molecule has 1 aromatic carbocycles. The molecule has 0 aliphatic heterocycles. The molecule has 2 heterocycles. The fourth-order valence-corrected chi connectivity index (χ4v) is 2.32. The molecule has 0 atom stereocenters. The minimum absolute atomic E-state index is 0.0705. The lowest BCUT2D eigenvalue weighted by Gasteiger charge is -2.05. The summed E-state index contributed by atoms with van der Waals surface area (Å²) in [7, 11) is 0. The number of rotatable bonds is 3. The van der Waals surface area contributed by atoms with E-state index in [2.05, 4.69) is 15.4 Å². The monoisotopic (exact) mass is 348 g/mol. The number of hydrogen-bond acceptors (Lipinski definition) is 4. The van der Waals surface area contributed by atoms with Gasteiger partial charge in [0.15, 0.2) is 5.82 Å². The van der Waals surface area contributed by atoms with Crippen molar-refractivity contribution in [1.29, 1.82) is 0 Å². The summed E-state index contributed by atoms with van der Waals surface area (Å²) in [5.41, 5.74) is 0.497. The van der Waals surface area contributed by atoms with E-state index in [1.54, 1.807) is 24.5 Å². The third-order valence-electron chi connectivity index (χ3n) is 3.00. The number of phenolic OH excluding ortho intramolecular Hbond substituents is 1. The number of aromatic nitrogens is 3. The first-order chi connectivity index (χ1) is 11.0. The van der Waals surface area contributed by atoms with Gasteiger partial charge in [0.05, 0.1) is 28.7 Å². The Bertz CT molecular complexity index is 879. The van der Waals surface area contributed by atoms with Gasteiger partial charge in [0.2, 0.25) is 0 Å². The lowest BCUT2D eigenvalue weighted by atomic mass is 10.2. The Morgan fingerprint density at radius 3 is 2.87 bits per heavy atom. The molecule has 2 N–H and O–H groups in total. The zero-order valence-corrected chi connectivity index (χ0v) is 13.1. The molecule has 0 saturated carbocycles. The van der Waals surface area contributed by atoms with Crippen molar-refractivity contribution in [2.24, 2.45) is 0 Å². The number of aromatic hydroxyl groups is 1. The summed E-state index contributed by atoms with van der Waals surface area (Å²) in [6.07, 6.45) is 4.60. The highest BCUT2D eigenvalue weighted by Crippen LogP contribution is 2.23. The van der Waals surface area contributed by atoms with Gasteiger partial charge in [-0.05, 0) is 30.3 Å². The van der Waals surface area contributed by atoms with Gasteiger partial charge >= 0.3 is 0 Å². The van der Waals surface area contributed by atoms with Crippen LogP contribution in [0.1, 0.15) is 10.4 Å². The molecule has 1 amide bonds. The number of nitrogens with zero attached hydrogens (tertiary/aromatic N) is 3. The molecule has 116 valence electrons. The van der Waals surface area contributed by atoms with E-state index in [1.807, 2.05) is 0 Å². The molecule has 0 radical (unpaired) electrons. The van der Waals surface area contributed by atoms with Gasteiger partial charge in [0, 0.05) is 11.2 Å². The SMILES string of the molecule is O=C(Nc1cnn(-c2ncccc2Cl)c1)c1cc(Cl)ccc1O. The van der Waals surface area contributed by atoms with Crippen molar-refractivity contribution in [1.82, 2.24) is 14.8 Å². The molecule has 2 aromatic heterocycles. The second-order valence-corrected chi connectivity index (χ2v) is 5.44. The minimum atomic E-state index is -0.503. The predicted molar refractivity (Wildman–Crippen MR) is 87.4 cm³/mol. The second kappa shape index (κ2) is 6.28. The number of anilines is 1. The van der Waals surface area contributed by atoms with Gasteiger partial charge in [0.1, 0.15) is 5.75 Å². The summed E-state index contributed by atoms with van der Waals surface area (Å²) in [5, 5.41) is 17.2. The van der Waals surface area contributed by atoms with Crippen LogP contribution in [0.2, 0.25) is 10.0 Å². The van der Waals surface area contributed by atoms with Crippen LogP contribution < -0.4 is 5.32 Å². The smallest absolute Gasteiger partial charge is 0.259 e. The zero-order valence-electron chi connectivity index (χ0n) is 11.6. The molecule has 3 aromatic rings. The summed E-state index contributed by atoms with van der Waals surface area (Å²) >= 11 is 11.9. The molecule has 8 heteroatoms. The average molecular weight is 349 g/mol. The molecule has 23 heavy (non-hydrogen) atoms. The minimum Gasteiger partial charge on any atom is -0.507 e. The van der Waals surface area contributed by atoms with E-state index in [0.717, 1.165) is 0 Å². The average Bonchev–Trinajstić information content (AvgIpc) is 2.98. The maximum atomic E-state index is 12.2. The Morgan fingerprint density at radius 1 is 1.26 bits per heavy atom. The van der Waals surface area contributed by atoms with Crippen LogP contribution in [0.5, 0.6) is 5.75 Å². The van der Waals surface area contributed by atoms with E-state index in [9.17, 15) is 9.90 Å². The van der Waals surface area contributed by atoms with E-state index in [-0.39, 0.29) is 11.3 Å². The maximum Gasteiger partial charge on any atom is 0.259 e. The number of hydrogen-bond donors (Lipinski definition) is 2. The van der Waals surface area contributed by atoms with Crippen LogP contribution in [-0.2, 0) is 0 Å². The van der Waals surface area contributed by atoms with Crippen LogP contribution in [0.15, 0.2) is 48.9 Å². The quantitative estimate of drug-likeness (QED) is 0.758. The van der Waals surface area contributed by atoms with Crippen molar-refractivity contribution in [3.63, 3.8) is 0 Å². The first-order valence-corrected chi connectivity index (χ1v) is 7.25. The van der Waals surface area contributed by atoms with E-state index >= 15 is 0 Å². The third-order valence-corrected chi connectivity index (χ3v) is 3.53. The van der Waals surface area contributed by atoms with Crippen LogP contribution in [0.25, 0.3) is 5.82 Å². The lowest BCUT2D eigenvalue weighted by molar-refractivity contribution is 0.102. The Hall–Kier alpha value is -2.57. The summed E-state index contributed by atoms with van der Waals surface area (Å²) < 4.78 is 1.44. The number of phenols is 1. The largest absolute Gasteiger partial charge is 0.507 e. The van der Waals surface area contributed by atoms with E-state index in [1.165, 1.54) is 29.1 Å². The summed E-state index contributed by atoms with van der Waals surface area (Å²) in [5.74, 6) is -0.219. The lowest BCUT2D eigenvalue weighted by Crippen LogP contribution is -2.11. The Morgan fingerprint density at radius 2 is 2.09 bits per heavy atom. The highest BCUT2D eigenvalue weighted by Gasteiger charge is 2.13. The standard InChI is InChI=1S/C15H10Cl2N4O2/c16-9-3-4-13(22)11(6-9)15(23)20-10-7-19-21(8-10)14-12(17)2-1-5-18-14/h1-8,22H,(H,20,23). The summed E-state index contributed by atoms with van der Waals surface area (Å²) in [6.45, 7) is 0. The van der Waals surface area contributed by atoms with Crippen molar-refractivity contribution in [2.75, 3.05) is 5.32 Å². The summed E-state index contributed by atoms with van der Waals surface area (Å²) in [4.78, 5) is 16.3. The number of pyridine rings is 1. The van der Waals surface area contributed by atoms with Crippen molar-refractivity contribution >= 4 is 34.8 Å². The van der Waals surface area contributed by atoms with Crippen molar-refractivity contribution in [2.45, 2.75) is 0 Å². The van der Waals surface area contributed by atoms with E-state index < -0.39 is 5.91 Å². The molecular weight excluding hydrogens is 339 g/mol. The fraction of sp³-hybridized carbons (Fsp3) is 0. The zero-order chi connectivity index (χ0) is 16.4. The highest BCUT2D eigenvalue weighted by atomic mass is 35.5. The van der Waals surface area contributed by atoms with Crippen LogP contribution >= 0.6 is 23.2 Å². The van der Waals surface area contributed by atoms with Gasteiger partial charge in [-0.1, -0.05) is 23.2 Å². The number of benzene rings is 1. The molecule has 0 saturated heterocycles. The van der Waals surface area contributed by atoms with Crippen LogP contribution in [0.4, 0.5) is 5.69 Å². The van der Waals surface area contributed by atoms with Gasteiger partial charge in [-0.2, -0.15) is 5.10 Å². The first-order valence-electron chi connectivity index (χ1n) is 6.50. The summed E-state index contributed by atoms with van der Waals surface area (Å²) in [6, 6.07) is 7.63. The Labute approximate surface area is 141 Å². The first kappa shape index (κ1) is 15.3. The van der Waals surface area contributed by atoms with Gasteiger partial charge in [0.25, 0.3) is 5.91 Å². The highest BCUT2D eigenvalue weighted by molar-refractivity contribution is 6.32. The maximum absolute atomic E-state index is 12.2. The van der Waals surface area contributed by atoms with Crippen LogP contribution in [0.3, 0.4) is 0 Å². The second-order valence-electron chi connectivity index (χ2n) is 4.60. The van der Waals surface area contributed by atoms with E-state index in [4.69, 9.17) is 23.2 Å². The number of halogens is 2. The van der Waals surface area contributed by atoms with Crippen molar-refractivity contribution in [3.8, 4) is 11.6 Å². The number of carbonyl (C=O) groups excluding carboxylic acids is 1. The van der Waals surface area contributed by atoms with Crippen molar-refractivity contribution < 1.29 is 9.90 Å². The molecule has 3 rings (SSSR count). The van der Waals surface area contributed by atoms with Gasteiger partial charge < -0.3 is 10.4 Å². The van der Waals surface area contributed by atoms with Crippen LogP contribution in [-0.4, -0.2) is 25.8 Å². The van der Waals surface area contributed by atoms with Gasteiger partial charge in [-0.25, -0.2) is 9.67 Å². The van der Waals surface area contributed by atoms with Gasteiger partial charge in [-0.3, -0.25) is 4.79 Å². The third kappa shape index (κ3) is 3.28. The molecule has 0 fully saturated rings. The Kier molecular flexibility index (Phi) is 4.18. The molecule has 0 aliphatic carbocycles. The topological polar surface area (TPSA) is 80.0 Å². The molecule has 0 aliphatic rings. The molecule has 0 bridgehead atoms. The molecule has 0 unspecified atom stereocenters. The number of carbonyl (C=O) groups is 1. The molecular formula is C15H10Cl2N4O2. The Balaban J connectivity index is 1.83. The van der Waals surface area contributed by atoms with Crippen LogP contribution in [0, 0.1) is 0 Å². The number of nitrogens with one attached hydrogen (secondary N) is 1. The normalized spacial score (nSPS) is 10.5. The molecule has 6 nitrogen and oxygen atoms in total.